The number of halogens is 2. The lowest BCUT2D eigenvalue weighted by atomic mass is 9.88. The summed E-state index contributed by atoms with van der Waals surface area (Å²) in [6.45, 7) is 2.15. The van der Waals surface area contributed by atoms with Crippen molar-refractivity contribution in [3.05, 3.63) is 58.4 Å². The molecule has 6 heteroatoms. The Kier molecular flexibility index (Phi) is 5.70. The number of carbonyl (C=O) groups is 1. The molecule has 0 amide bonds. The van der Waals surface area contributed by atoms with Crippen LogP contribution in [0.3, 0.4) is 0 Å². The van der Waals surface area contributed by atoms with Crippen molar-refractivity contribution in [2.24, 2.45) is 22.7 Å². The molecule has 4 nitrogen and oxygen atoms in total. The Morgan fingerprint density at radius 2 is 1.94 bits per heavy atom. The molecule has 31 heavy (non-hydrogen) atoms. The van der Waals surface area contributed by atoms with Crippen LogP contribution >= 0.6 is 11.6 Å². The van der Waals surface area contributed by atoms with E-state index in [0.717, 1.165) is 47.6 Å². The number of rotatable bonds is 8. The summed E-state index contributed by atoms with van der Waals surface area (Å²) in [4.78, 5) is 17.7. The van der Waals surface area contributed by atoms with Gasteiger partial charge < -0.3 is 10.6 Å². The molecule has 5 rings (SSSR count). The number of guanidine groups is 1. The summed E-state index contributed by atoms with van der Waals surface area (Å²) >= 11 is 6.34. The number of carbonyl (C=O) groups excluding carboxylic acids is 1. The predicted molar refractivity (Wildman–Crippen MR) is 122 cm³/mol. The van der Waals surface area contributed by atoms with Crippen molar-refractivity contribution in [3.63, 3.8) is 0 Å². The van der Waals surface area contributed by atoms with Gasteiger partial charge in [-0.25, -0.2) is 4.39 Å². The van der Waals surface area contributed by atoms with Crippen LogP contribution in [0.2, 0.25) is 5.02 Å². The number of ketones is 1. The van der Waals surface area contributed by atoms with Crippen LogP contribution in [0.25, 0.3) is 11.1 Å². The largest absolute Gasteiger partial charge is 0.355 e. The zero-order valence-electron chi connectivity index (χ0n) is 17.5. The fourth-order valence-corrected chi connectivity index (χ4v) is 4.91. The van der Waals surface area contributed by atoms with Gasteiger partial charge in [-0.15, -0.1) is 0 Å². The van der Waals surface area contributed by atoms with Gasteiger partial charge in [-0.1, -0.05) is 11.6 Å². The van der Waals surface area contributed by atoms with Crippen LogP contribution in [0.4, 0.5) is 4.39 Å². The zero-order chi connectivity index (χ0) is 21.4. The van der Waals surface area contributed by atoms with Gasteiger partial charge in [0.25, 0.3) is 0 Å². The molecule has 2 fully saturated rings. The second kappa shape index (κ2) is 8.62. The lowest BCUT2D eigenvalue weighted by molar-refractivity contribution is 0.0948. The minimum absolute atomic E-state index is 0.196. The molecule has 1 aliphatic heterocycles. The van der Waals surface area contributed by atoms with Gasteiger partial charge in [0.1, 0.15) is 5.82 Å². The number of Topliss-reactive ketones (excluding diaryl/α,β-unsaturated/α-hetero) is 1. The van der Waals surface area contributed by atoms with Gasteiger partial charge in [-0.05, 0) is 91.0 Å². The van der Waals surface area contributed by atoms with Crippen molar-refractivity contribution >= 4 is 23.3 Å². The third kappa shape index (κ3) is 4.93. The highest BCUT2D eigenvalue weighted by molar-refractivity contribution is 6.33. The summed E-state index contributed by atoms with van der Waals surface area (Å²) in [5.41, 5.74) is 3.26. The lowest BCUT2D eigenvalue weighted by Gasteiger charge is -2.16. The van der Waals surface area contributed by atoms with Crippen molar-refractivity contribution < 1.29 is 9.18 Å². The highest BCUT2D eigenvalue weighted by atomic mass is 35.5. The lowest BCUT2D eigenvalue weighted by Crippen LogP contribution is -2.33. The van der Waals surface area contributed by atoms with E-state index in [0.29, 0.717) is 29.5 Å². The first-order chi connectivity index (χ1) is 15.1. The van der Waals surface area contributed by atoms with Gasteiger partial charge in [0, 0.05) is 30.6 Å². The minimum atomic E-state index is -0.370. The van der Waals surface area contributed by atoms with E-state index in [1.165, 1.54) is 37.8 Å². The van der Waals surface area contributed by atoms with E-state index in [4.69, 9.17) is 11.6 Å². The van der Waals surface area contributed by atoms with Crippen LogP contribution in [0.5, 0.6) is 0 Å². The smallest absolute Gasteiger partial charge is 0.191 e. The van der Waals surface area contributed by atoms with Gasteiger partial charge in [0.15, 0.2) is 11.7 Å². The predicted octanol–water partition coefficient (Wildman–Crippen LogP) is 5.20. The molecular weight excluding hydrogens is 413 g/mol. The Balaban J connectivity index is 1.43. The average molecular weight is 440 g/mol. The third-order valence-electron chi connectivity index (χ3n) is 6.57. The molecule has 0 aromatic heterocycles. The highest BCUT2D eigenvalue weighted by Gasteiger charge is 2.42. The standard InChI is InChI=1S/C25H27ClFN3O/c26-23-12-20(27)5-6-21(23)18-9-15(14-30-25-28-7-8-29-25)10-19(11-18)24(31)13-22(16-1-2-16)17-3-4-17/h5-6,9-12,16-17,22H,1-4,7-8,13-14H2,(H2,28,29,30). The van der Waals surface area contributed by atoms with Crippen molar-refractivity contribution in [2.75, 3.05) is 13.1 Å². The van der Waals surface area contributed by atoms with Crippen LogP contribution in [0.15, 0.2) is 41.4 Å². The first-order valence-corrected chi connectivity index (χ1v) is 11.6. The fourth-order valence-electron chi connectivity index (χ4n) is 4.64. The summed E-state index contributed by atoms with van der Waals surface area (Å²) in [5, 5.41) is 6.84. The molecule has 0 spiro atoms. The van der Waals surface area contributed by atoms with Gasteiger partial charge in [-0.3, -0.25) is 9.79 Å². The number of benzene rings is 2. The van der Waals surface area contributed by atoms with E-state index in [9.17, 15) is 9.18 Å². The molecule has 0 saturated heterocycles. The van der Waals surface area contributed by atoms with E-state index in [-0.39, 0.29) is 11.6 Å². The summed E-state index contributed by atoms with van der Waals surface area (Å²) in [7, 11) is 0. The van der Waals surface area contributed by atoms with Crippen LogP contribution in [-0.4, -0.2) is 24.8 Å². The van der Waals surface area contributed by atoms with E-state index >= 15 is 0 Å². The fraction of sp³-hybridized carbons (Fsp3) is 0.440. The third-order valence-corrected chi connectivity index (χ3v) is 6.88. The summed E-state index contributed by atoms with van der Waals surface area (Å²) in [5.74, 6) is 2.61. The van der Waals surface area contributed by atoms with Crippen LogP contribution in [-0.2, 0) is 6.54 Å². The number of aliphatic imine (C=N–C) groups is 1. The minimum Gasteiger partial charge on any atom is -0.355 e. The van der Waals surface area contributed by atoms with Gasteiger partial charge in [0.2, 0.25) is 0 Å². The van der Waals surface area contributed by atoms with Gasteiger partial charge in [0.05, 0.1) is 11.6 Å². The van der Waals surface area contributed by atoms with Crippen LogP contribution in [0, 0.1) is 23.6 Å². The molecule has 0 radical (unpaired) electrons. The quantitative estimate of drug-likeness (QED) is 0.555. The Labute approximate surface area is 187 Å². The molecule has 2 aliphatic carbocycles. The number of hydrogen-bond acceptors (Lipinski definition) is 4. The zero-order valence-corrected chi connectivity index (χ0v) is 18.2. The second-order valence-corrected chi connectivity index (χ2v) is 9.43. The molecular formula is C25H27ClFN3O. The molecule has 2 N–H and O–H groups in total. The van der Waals surface area contributed by atoms with E-state index < -0.39 is 0 Å². The molecule has 3 aliphatic rings. The summed E-state index contributed by atoms with van der Waals surface area (Å²) in [6.07, 6.45) is 5.69. The van der Waals surface area contributed by atoms with E-state index in [1.54, 1.807) is 6.07 Å². The topological polar surface area (TPSA) is 53.5 Å². The maximum Gasteiger partial charge on any atom is 0.191 e. The molecule has 0 atom stereocenters. The van der Waals surface area contributed by atoms with Crippen molar-refractivity contribution in [2.45, 2.75) is 38.6 Å². The van der Waals surface area contributed by atoms with Crippen molar-refractivity contribution in [1.29, 1.82) is 0 Å². The first-order valence-electron chi connectivity index (χ1n) is 11.2. The van der Waals surface area contributed by atoms with E-state index in [2.05, 4.69) is 15.6 Å². The monoisotopic (exact) mass is 439 g/mol. The summed E-state index contributed by atoms with van der Waals surface area (Å²) < 4.78 is 13.6. The Morgan fingerprint density at radius 1 is 1.16 bits per heavy atom. The van der Waals surface area contributed by atoms with Crippen LogP contribution in [0.1, 0.15) is 48.0 Å². The number of hydrogen-bond donors (Lipinski definition) is 2. The van der Waals surface area contributed by atoms with Gasteiger partial charge in [-0.2, -0.15) is 0 Å². The molecule has 0 unspecified atom stereocenters. The highest BCUT2D eigenvalue weighted by Crippen LogP contribution is 2.51. The molecule has 2 aromatic rings. The maximum absolute atomic E-state index is 13.6. The van der Waals surface area contributed by atoms with Crippen molar-refractivity contribution in [3.8, 4) is 11.1 Å². The number of nitrogens with one attached hydrogen (secondary N) is 2. The Morgan fingerprint density at radius 3 is 2.58 bits per heavy atom. The Hall–Kier alpha value is -2.40. The molecule has 1 heterocycles. The molecule has 0 bridgehead atoms. The number of nitrogens with zero attached hydrogens (tertiary/aromatic N) is 1. The van der Waals surface area contributed by atoms with Crippen molar-refractivity contribution in [1.82, 2.24) is 10.6 Å². The summed E-state index contributed by atoms with van der Waals surface area (Å²) in [6, 6.07) is 10.3. The van der Waals surface area contributed by atoms with E-state index in [1.807, 2.05) is 18.2 Å². The average Bonchev–Trinajstić information content (AvgIpc) is 3.69. The van der Waals surface area contributed by atoms with Gasteiger partial charge >= 0.3 is 0 Å². The molecule has 2 saturated carbocycles. The maximum atomic E-state index is 13.6. The molecule has 2 aromatic carbocycles. The SMILES string of the molecule is O=C(CC(C1CC1)C1CC1)c1cc(CNC2=NCCN2)cc(-c2ccc(F)cc2Cl)c1. The second-order valence-electron chi connectivity index (χ2n) is 9.02. The van der Waals surface area contributed by atoms with Crippen LogP contribution < -0.4 is 10.6 Å². The Bertz CT molecular complexity index is 1020. The molecule has 162 valence electrons. The normalized spacial score (nSPS) is 18.1. The first kappa shape index (κ1) is 20.5.